The van der Waals surface area contributed by atoms with Crippen molar-refractivity contribution in [1.29, 1.82) is 0 Å². The van der Waals surface area contributed by atoms with Crippen LogP contribution >= 0.6 is 0 Å². The van der Waals surface area contributed by atoms with Crippen LogP contribution in [0.25, 0.3) is 0 Å². The van der Waals surface area contributed by atoms with Crippen LogP contribution in [0.15, 0.2) is 0 Å². The molecular weight excluding hydrogens is 227 g/mol. The smallest absolute Gasteiger partial charge is 0.0708 e. The molecule has 112 valence electrons. The van der Waals surface area contributed by atoms with E-state index in [1.165, 1.54) is 70.3 Å². The van der Waals surface area contributed by atoms with Crippen LogP contribution in [0.2, 0.25) is 19.0 Å². The van der Waals surface area contributed by atoms with E-state index in [4.69, 9.17) is 0 Å². The van der Waals surface area contributed by atoms with Gasteiger partial charge < -0.3 is 5.82 Å². The minimum Gasteiger partial charge on any atom is -0.315 e. The Morgan fingerprint density at radius 3 is 1.42 bits per heavy atom. The zero-order valence-corrected chi connectivity index (χ0v) is 14.1. The Bertz CT molecular complexity index is 224. The average molecular weight is 263 g/mol. The summed E-state index contributed by atoms with van der Waals surface area (Å²) in [6.45, 7) is 9.19. The van der Waals surface area contributed by atoms with Gasteiger partial charge in [-0.15, -0.1) is 0 Å². The van der Waals surface area contributed by atoms with Crippen molar-refractivity contribution in [3.8, 4) is 11.7 Å². The number of hydrogen-bond donors (Lipinski definition) is 0. The predicted molar refractivity (Wildman–Crippen MR) is 92.2 cm³/mol. The van der Waals surface area contributed by atoms with Gasteiger partial charge in [0.25, 0.3) is 0 Å². The number of unbranched alkanes of at least 4 members (excludes halogenated alkanes) is 5. The molecule has 0 rings (SSSR count). The van der Waals surface area contributed by atoms with E-state index in [0.29, 0.717) is 0 Å². The molecule has 0 amide bonds. The molecule has 0 saturated carbocycles. The highest BCUT2D eigenvalue weighted by Crippen LogP contribution is 2.27. The molecule has 0 spiro atoms. The Kier molecular flexibility index (Phi) is 12.4. The molecular formula is C18H36B-. The lowest BCUT2D eigenvalue weighted by atomic mass is 9.19. The van der Waals surface area contributed by atoms with Gasteiger partial charge in [-0.2, -0.15) is 24.9 Å². The monoisotopic (exact) mass is 263 g/mol. The minimum absolute atomic E-state index is 0.383. The van der Waals surface area contributed by atoms with Gasteiger partial charge in [0, 0.05) is 6.42 Å². The molecule has 0 saturated heterocycles. The van der Waals surface area contributed by atoms with Crippen LogP contribution in [0.5, 0.6) is 0 Å². The first-order valence-corrected chi connectivity index (χ1v) is 8.95. The molecule has 0 aliphatic carbocycles. The third-order valence-corrected chi connectivity index (χ3v) is 4.39. The van der Waals surface area contributed by atoms with Crippen molar-refractivity contribution in [1.82, 2.24) is 0 Å². The largest absolute Gasteiger partial charge is 0.315 e. The fraction of sp³-hybridized carbons (Fsp3) is 0.889. The Morgan fingerprint density at radius 1 is 0.632 bits per heavy atom. The van der Waals surface area contributed by atoms with Crippen LogP contribution in [0.4, 0.5) is 0 Å². The topological polar surface area (TPSA) is 0 Å². The molecule has 0 aromatic rings. The van der Waals surface area contributed by atoms with Gasteiger partial charge >= 0.3 is 0 Å². The van der Waals surface area contributed by atoms with Crippen LogP contribution in [0.3, 0.4) is 0 Å². The lowest BCUT2D eigenvalue weighted by Gasteiger charge is -2.35. The van der Waals surface area contributed by atoms with Gasteiger partial charge in [0.1, 0.15) is 0 Å². The Labute approximate surface area is 123 Å². The van der Waals surface area contributed by atoms with Crippen LogP contribution in [0.1, 0.15) is 85.5 Å². The van der Waals surface area contributed by atoms with E-state index in [-0.39, 0.29) is 6.15 Å². The summed E-state index contributed by atoms with van der Waals surface area (Å²) < 4.78 is 0. The highest BCUT2D eigenvalue weighted by atomic mass is 14.0. The molecule has 0 fully saturated rings. The summed E-state index contributed by atoms with van der Waals surface area (Å²) in [6, 6.07) is 0. The van der Waals surface area contributed by atoms with E-state index < -0.39 is 0 Å². The summed E-state index contributed by atoms with van der Waals surface area (Å²) in [5.41, 5.74) is 0. The first-order chi connectivity index (χ1) is 9.24. The normalized spacial score (nSPS) is 11.2. The molecule has 0 N–H and O–H groups in total. The van der Waals surface area contributed by atoms with Crippen molar-refractivity contribution >= 4 is 6.15 Å². The maximum atomic E-state index is 3.78. The summed E-state index contributed by atoms with van der Waals surface area (Å²) in [5, 5.41) is 0. The van der Waals surface area contributed by atoms with E-state index in [1.807, 2.05) is 0 Å². The lowest BCUT2D eigenvalue weighted by molar-refractivity contribution is 0.801. The second kappa shape index (κ2) is 12.6. The molecule has 0 aliphatic heterocycles. The second-order valence-corrected chi connectivity index (χ2v) is 6.33. The molecule has 0 nitrogen and oxygen atoms in total. The summed E-state index contributed by atoms with van der Waals surface area (Å²) in [5.74, 6) is 7.32. The molecule has 0 radical (unpaired) electrons. The molecule has 0 bridgehead atoms. The predicted octanol–water partition coefficient (Wildman–Crippen LogP) is 6.57. The fourth-order valence-corrected chi connectivity index (χ4v) is 2.99. The third kappa shape index (κ3) is 9.20. The van der Waals surface area contributed by atoms with E-state index in [1.54, 1.807) is 0 Å². The third-order valence-electron chi connectivity index (χ3n) is 4.39. The van der Waals surface area contributed by atoms with Gasteiger partial charge in [-0.3, -0.25) is 0 Å². The van der Waals surface area contributed by atoms with Crippen molar-refractivity contribution in [2.75, 3.05) is 0 Å². The van der Waals surface area contributed by atoms with E-state index in [9.17, 15) is 0 Å². The number of rotatable bonds is 11. The van der Waals surface area contributed by atoms with Crippen molar-refractivity contribution < 1.29 is 0 Å². The quantitative estimate of drug-likeness (QED) is 0.225. The Hall–Kier alpha value is -0.375. The SMILES string of the molecule is CCCCC#C[B-](CCCC)(CCCC)CCCC. The molecule has 0 aromatic carbocycles. The molecule has 0 atom stereocenters. The van der Waals surface area contributed by atoms with Gasteiger partial charge in [-0.25, -0.2) is 0 Å². The Balaban J connectivity index is 4.68. The second-order valence-electron chi connectivity index (χ2n) is 6.33. The highest BCUT2D eigenvalue weighted by Gasteiger charge is 2.20. The van der Waals surface area contributed by atoms with Crippen LogP contribution < -0.4 is 0 Å². The maximum Gasteiger partial charge on any atom is 0.0708 e. The van der Waals surface area contributed by atoms with Crippen LogP contribution in [-0.2, 0) is 0 Å². The molecule has 0 unspecified atom stereocenters. The molecule has 1 heteroatoms. The summed E-state index contributed by atoms with van der Waals surface area (Å²) in [7, 11) is 0. The maximum absolute atomic E-state index is 3.78. The first-order valence-electron chi connectivity index (χ1n) is 8.95. The van der Waals surface area contributed by atoms with E-state index in [2.05, 4.69) is 39.4 Å². The van der Waals surface area contributed by atoms with Crippen LogP contribution in [-0.4, -0.2) is 6.15 Å². The van der Waals surface area contributed by atoms with Gasteiger partial charge in [-0.1, -0.05) is 72.6 Å². The van der Waals surface area contributed by atoms with Gasteiger partial charge in [0.15, 0.2) is 0 Å². The lowest BCUT2D eigenvalue weighted by Crippen LogP contribution is -2.32. The van der Waals surface area contributed by atoms with Crippen molar-refractivity contribution in [2.24, 2.45) is 0 Å². The molecule has 0 aromatic heterocycles. The molecule has 0 aliphatic rings. The summed E-state index contributed by atoms with van der Waals surface area (Å²) >= 11 is 0. The zero-order valence-electron chi connectivity index (χ0n) is 14.1. The van der Waals surface area contributed by atoms with Gasteiger partial charge in [-0.05, 0) is 6.42 Å². The van der Waals surface area contributed by atoms with Crippen molar-refractivity contribution in [3.63, 3.8) is 0 Å². The Morgan fingerprint density at radius 2 is 1.05 bits per heavy atom. The van der Waals surface area contributed by atoms with E-state index >= 15 is 0 Å². The number of hydrogen-bond acceptors (Lipinski definition) is 0. The van der Waals surface area contributed by atoms with Crippen molar-refractivity contribution in [3.05, 3.63) is 0 Å². The average Bonchev–Trinajstić information content (AvgIpc) is 2.44. The van der Waals surface area contributed by atoms with Gasteiger partial charge in [0.05, 0.1) is 6.15 Å². The summed E-state index contributed by atoms with van der Waals surface area (Å²) in [6.07, 6.45) is 15.5. The van der Waals surface area contributed by atoms with E-state index in [0.717, 1.165) is 6.42 Å². The minimum atomic E-state index is -0.383. The standard InChI is InChI=1S/C18H36B/c1-5-9-13-14-18-19(15-10-6-2,16-11-7-3)17-12-8-4/h5-13,15-17H2,1-4H3/q-1. The van der Waals surface area contributed by atoms with Crippen LogP contribution in [0, 0.1) is 11.7 Å². The molecule has 19 heavy (non-hydrogen) atoms. The highest BCUT2D eigenvalue weighted by molar-refractivity contribution is 6.87. The van der Waals surface area contributed by atoms with Crippen molar-refractivity contribution in [2.45, 2.75) is 104 Å². The fourth-order valence-electron chi connectivity index (χ4n) is 2.99. The zero-order chi connectivity index (χ0) is 14.4. The first kappa shape index (κ1) is 18.6. The molecule has 0 heterocycles. The summed E-state index contributed by atoms with van der Waals surface area (Å²) in [4.78, 5) is 0. The van der Waals surface area contributed by atoms with Gasteiger partial charge in [0.2, 0.25) is 0 Å².